The molecule has 0 amide bonds. The number of hydrogen-bond acceptors (Lipinski definition) is 2. The summed E-state index contributed by atoms with van der Waals surface area (Å²) in [5.41, 5.74) is 0. The molecule has 1 aliphatic rings. The molecule has 0 aliphatic carbocycles. The van der Waals surface area contributed by atoms with Crippen LogP contribution in [0.15, 0.2) is 0 Å². The van der Waals surface area contributed by atoms with E-state index in [1.807, 2.05) is 0 Å². The van der Waals surface area contributed by atoms with Crippen LogP contribution >= 0.6 is 0 Å². The van der Waals surface area contributed by atoms with Gasteiger partial charge in [0.05, 0.1) is 5.92 Å². The molecule has 0 spiro atoms. The zero-order valence-corrected chi connectivity index (χ0v) is 8.71. The molecule has 0 unspecified atom stereocenters. The Morgan fingerprint density at radius 2 is 2.08 bits per heavy atom. The number of esters is 1. The molecular formula is C11H20O2. The normalized spacial score (nSPS) is 27.7. The minimum Gasteiger partial charge on any atom is -0.462 e. The lowest BCUT2D eigenvalue weighted by Crippen LogP contribution is -2.07. The van der Waals surface area contributed by atoms with Crippen molar-refractivity contribution < 1.29 is 9.53 Å². The Morgan fingerprint density at radius 1 is 1.31 bits per heavy atom. The second-order valence-electron chi connectivity index (χ2n) is 3.92. The van der Waals surface area contributed by atoms with Crippen molar-refractivity contribution in [3.63, 3.8) is 0 Å². The topological polar surface area (TPSA) is 26.3 Å². The van der Waals surface area contributed by atoms with Crippen LogP contribution in [0.4, 0.5) is 0 Å². The minimum atomic E-state index is 0.0444. The van der Waals surface area contributed by atoms with E-state index in [1.54, 1.807) is 0 Å². The van der Waals surface area contributed by atoms with Gasteiger partial charge in [-0.1, -0.05) is 33.1 Å². The largest absolute Gasteiger partial charge is 0.462 e. The Hall–Kier alpha value is -0.530. The molecular weight excluding hydrogens is 164 g/mol. The number of carbonyl (C=O) groups excluding carboxylic acids is 1. The summed E-state index contributed by atoms with van der Waals surface area (Å²) in [6.07, 6.45) is 6.70. The highest BCUT2D eigenvalue weighted by atomic mass is 16.5. The SMILES string of the molecule is CCCC[C@@H]1C[C@H](CCC)C(=O)O1. The summed E-state index contributed by atoms with van der Waals surface area (Å²) >= 11 is 0. The van der Waals surface area contributed by atoms with Gasteiger partial charge < -0.3 is 4.74 Å². The standard InChI is InChI=1S/C11H20O2/c1-3-5-7-10-8-9(6-4-2)11(12)13-10/h9-10H,3-8H2,1-2H3/t9-,10+/m0/s1. The highest BCUT2D eigenvalue weighted by Crippen LogP contribution is 2.27. The van der Waals surface area contributed by atoms with Gasteiger partial charge >= 0.3 is 5.97 Å². The van der Waals surface area contributed by atoms with Crippen molar-refractivity contribution in [2.45, 2.75) is 58.5 Å². The van der Waals surface area contributed by atoms with E-state index in [1.165, 1.54) is 12.8 Å². The first-order chi connectivity index (χ1) is 6.27. The van der Waals surface area contributed by atoms with E-state index >= 15 is 0 Å². The van der Waals surface area contributed by atoms with Crippen LogP contribution in [0.2, 0.25) is 0 Å². The second kappa shape index (κ2) is 5.25. The molecule has 2 heteroatoms. The van der Waals surface area contributed by atoms with E-state index < -0.39 is 0 Å². The molecule has 2 atom stereocenters. The number of hydrogen-bond donors (Lipinski definition) is 0. The molecule has 0 aromatic rings. The van der Waals surface area contributed by atoms with Gasteiger partial charge in [-0.2, -0.15) is 0 Å². The van der Waals surface area contributed by atoms with Gasteiger partial charge in [0.2, 0.25) is 0 Å². The van der Waals surface area contributed by atoms with Gasteiger partial charge in [0.1, 0.15) is 6.10 Å². The van der Waals surface area contributed by atoms with Gasteiger partial charge in [-0.25, -0.2) is 0 Å². The van der Waals surface area contributed by atoms with Crippen LogP contribution in [0.5, 0.6) is 0 Å². The fourth-order valence-electron chi connectivity index (χ4n) is 1.91. The first-order valence-corrected chi connectivity index (χ1v) is 5.48. The van der Waals surface area contributed by atoms with Crippen LogP contribution in [-0.2, 0) is 9.53 Å². The van der Waals surface area contributed by atoms with Crippen LogP contribution in [0, 0.1) is 5.92 Å². The minimum absolute atomic E-state index is 0.0444. The van der Waals surface area contributed by atoms with Gasteiger partial charge in [0, 0.05) is 0 Å². The second-order valence-corrected chi connectivity index (χ2v) is 3.92. The maximum Gasteiger partial charge on any atom is 0.309 e. The monoisotopic (exact) mass is 184 g/mol. The summed E-state index contributed by atoms with van der Waals surface area (Å²) in [5.74, 6) is 0.245. The molecule has 1 heterocycles. The summed E-state index contributed by atoms with van der Waals surface area (Å²) in [4.78, 5) is 11.3. The zero-order valence-electron chi connectivity index (χ0n) is 8.71. The summed E-state index contributed by atoms with van der Waals surface area (Å²) < 4.78 is 5.29. The van der Waals surface area contributed by atoms with Gasteiger partial charge in [0.25, 0.3) is 0 Å². The third-order valence-corrected chi connectivity index (χ3v) is 2.68. The summed E-state index contributed by atoms with van der Waals surface area (Å²) in [6.45, 7) is 4.28. The lowest BCUT2D eigenvalue weighted by Gasteiger charge is -2.06. The average molecular weight is 184 g/mol. The van der Waals surface area contributed by atoms with Gasteiger partial charge in [0.15, 0.2) is 0 Å². The van der Waals surface area contributed by atoms with Crippen molar-refractivity contribution in [1.82, 2.24) is 0 Å². The first-order valence-electron chi connectivity index (χ1n) is 5.48. The Morgan fingerprint density at radius 3 is 2.69 bits per heavy atom. The summed E-state index contributed by atoms with van der Waals surface area (Å²) in [7, 11) is 0. The molecule has 0 aromatic heterocycles. The van der Waals surface area contributed by atoms with Crippen LogP contribution in [0.25, 0.3) is 0 Å². The van der Waals surface area contributed by atoms with Crippen molar-refractivity contribution in [2.24, 2.45) is 5.92 Å². The van der Waals surface area contributed by atoms with Crippen molar-refractivity contribution >= 4 is 5.97 Å². The predicted octanol–water partition coefficient (Wildman–Crippen LogP) is 2.91. The average Bonchev–Trinajstić information content (AvgIpc) is 2.45. The molecule has 2 nitrogen and oxygen atoms in total. The number of unbranched alkanes of at least 4 members (excludes halogenated alkanes) is 1. The Bertz CT molecular complexity index is 165. The van der Waals surface area contributed by atoms with Crippen molar-refractivity contribution in [3.8, 4) is 0 Å². The maximum absolute atomic E-state index is 11.3. The highest BCUT2D eigenvalue weighted by molar-refractivity contribution is 5.74. The fourth-order valence-corrected chi connectivity index (χ4v) is 1.91. The molecule has 0 bridgehead atoms. The first kappa shape index (κ1) is 10.6. The molecule has 0 N–H and O–H groups in total. The van der Waals surface area contributed by atoms with Crippen LogP contribution in [-0.4, -0.2) is 12.1 Å². The zero-order chi connectivity index (χ0) is 9.68. The maximum atomic E-state index is 11.3. The van der Waals surface area contributed by atoms with E-state index in [-0.39, 0.29) is 18.0 Å². The molecule has 13 heavy (non-hydrogen) atoms. The molecule has 0 radical (unpaired) electrons. The van der Waals surface area contributed by atoms with Crippen molar-refractivity contribution in [1.29, 1.82) is 0 Å². The van der Waals surface area contributed by atoms with Crippen LogP contribution in [0.1, 0.15) is 52.4 Å². The molecule has 1 saturated heterocycles. The number of ether oxygens (including phenoxy) is 1. The number of cyclic esters (lactones) is 1. The fraction of sp³-hybridized carbons (Fsp3) is 0.909. The molecule has 1 fully saturated rings. The number of carbonyl (C=O) groups is 1. The summed E-state index contributed by atoms with van der Waals surface area (Å²) in [5, 5.41) is 0. The van der Waals surface area contributed by atoms with Gasteiger partial charge in [-0.15, -0.1) is 0 Å². The Kier molecular flexibility index (Phi) is 4.26. The smallest absolute Gasteiger partial charge is 0.309 e. The molecule has 1 aliphatic heterocycles. The molecule has 76 valence electrons. The van der Waals surface area contributed by atoms with E-state index in [2.05, 4.69) is 13.8 Å². The lowest BCUT2D eigenvalue weighted by molar-refractivity contribution is -0.144. The molecule has 0 aromatic carbocycles. The van der Waals surface area contributed by atoms with E-state index in [9.17, 15) is 4.79 Å². The van der Waals surface area contributed by atoms with Crippen molar-refractivity contribution in [2.75, 3.05) is 0 Å². The van der Waals surface area contributed by atoms with Crippen molar-refractivity contribution in [3.05, 3.63) is 0 Å². The van der Waals surface area contributed by atoms with E-state index in [4.69, 9.17) is 4.74 Å². The van der Waals surface area contributed by atoms with E-state index in [0.717, 1.165) is 25.7 Å². The summed E-state index contributed by atoms with van der Waals surface area (Å²) in [6, 6.07) is 0. The van der Waals surface area contributed by atoms with Crippen LogP contribution < -0.4 is 0 Å². The number of rotatable bonds is 5. The van der Waals surface area contributed by atoms with Gasteiger partial charge in [-0.05, 0) is 19.3 Å². The van der Waals surface area contributed by atoms with E-state index in [0.29, 0.717) is 0 Å². The Labute approximate surface area is 80.7 Å². The highest BCUT2D eigenvalue weighted by Gasteiger charge is 2.32. The third kappa shape index (κ3) is 3.02. The third-order valence-electron chi connectivity index (χ3n) is 2.68. The molecule has 0 saturated carbocycles. The Balaban J connectivity index is 2.27. The van der Waals surface area contributed by atoms with Gasteiger partial charge in [-0.3, -0.25) is 4.79 Å². The lowest BCUT2D eigenvalue weighted by atomic mass is 9.98. The predicted molar refractivity (Wildman–Crippen MR) is 52.4 cm³/mol. The molecule has 1 rings (SSSR count). The quantitative estimate of drug-likeness (QED) is 0.614. The van der Waals surface area contributed by atoms with Crippen LogP contribution in [0.3, 0.4) is 0 Å².